The first-order valence-electron chi connectivity index (χ1n) is 11.7. The first kappa shape index (κ1) is 25.8. The molecule has 4 heteroatoms. The molecular weight excluding hydrogens is 394 g/mol. The fraction of sp³-hybridized carbons (Fsp3) is 0.536. The van der Waals surface area contributed by atoms with Crippen molar-refractivity contribution in [1.82, 2.24) is 5.32 Å². The van der Waals surface area contributed by atoms with Gasteiger partial charge in [0, 0.05) is 24.5 Å². The maximum atomic E-state index is 13.0. The molecule has 2 rings (SSSR count). The monoisotopic (exact) mass is 437 g/mol. The summed E-state index contributed by atoms with van der Waals surface area (Å²) in [6.45, 7) is 26.7. The van der Waals surface area contributed by atoms with Gasteiger partial charge in [-0.3, -0.25) is 4.79 Å². The Morgan fingerprint density at radius 2 is 0.906 bits per heavy atom. The predicted molar refractivity (Wildman–Crippen MR) is 139 cm³/mol. The van der Waals surface area contributed by atoms with Gasteiger partial charge in [0.25, 0.3) is 0 Å². The van der Waals surface area contributed by atoms with Crippen molar-refractivity contribution < 1.29 is 4.79 Å². The molecule has 1 amide bonds. The van der Waals surface area contributed by atoms with Gasteiger partial charge >= 0.3 is 0 Å². The van der Waals surface area contributed by atoms with Crippen LogP contribution in [0.1, 0.15) is 69.5 Å². The summed E-state index contributed by atoms with van der Waals surface area (Å²) in [6, 6.07) is 0. The van der Waals surface area contributed by atoms with Gasteiger partial charge in [0.1, 0.15) is 5.54 Å². The lowest BCUT2D eigenvalue weighted by Gasteiger charge is -2.30. The van der Waals surface area contributed by atoms with E-state index in [9.17, 15) is 4.79 Å². The van der Waals surface area contributed by atoms with Crippen LogP contribution >= 0.6 is 0 Å². The Morgan fingerprint density at radius 3 is 1.31 bits per heavy atom. The van der Waals surface area contributed by atoms with Crippen LogP contribution in [-0.2, 0) is 4.79 Å². The molecule has 0 atom stereocenters. The summed E-state index contributed by atoms with van der Waals surface area (Å²) in [5, 5.41) is 10.2. The summed E-state index contributed by atoms with van der Waals surface area (Å²) in [5.74, 6) is -0.00121. The van der Waals surface area contributed by atoms with Gasteiger partial charge in [-0.1, -0.05) is 0 Å². The van der Waals surface area contributed by atoms with E-state index < -0.39 is 5.54 Å². The van der Waals surface area contributed by atoms with E-state index in [-0.39, 0.29) is 5.91 Å². The Hall–Kier alpha value is -2.49. The molecule has 2 aromatic carbocycles. The van der Waals surface area contributed by atoms with Crippen LogP contribution in [0.15, 0.2) is 0 Å². The first-order valence-corrected chi connectivity index (χ1v) is 11.7. The topological polar surface area (TPSA) is 53.2 Å². The van der Waals surface area contributed by atoms with Gasteiger partial charge in [-0.25, -0.2) is 0 Å². The SMILES string of the molecule is Cc1c(C)c(C)c(NCCNC(=O)C(C)(C)Nc2c(C)c(C)c(C)c(C)c2C)c(C)c1C. The second-order valence-electron chi connectivity index (χ2n) is 9.93. The zero-order chi connectivity index (χ0) is 24.5. The molecule has 176 valence electrons. The van der Waals surface area contributed by atoms with Gasteiger partial charge in [0.05, 0.1) is 0 Å². The number of benzene rings is 2. The molecule has 0 aromatic heterocycles. The lowest BCUT2D eigenvalue weighted by atomic mass is 9.91. The van der Waals surface area contributed by atoms with E-state index in [1.165, 1.54) is 61.3 Å². The molecule has 0 aliphatic carbocycles. The molecule has 3 N–H and O–H groups in total. The Labute approximate surface area is 195 Å². The number of nitrogens with one attached hydrogen (secondary N) is 3. The fourth-order valence-corrected chi connectivity index (χ4v) is 4.41. The third-order valence-corrected chi connectivity index (χ3v) is 7.72. The average molecular weight is 438 g/mol. The van der Waals surface area contributed by atoms with Crippen molar-refractivity contribution in [2.24, 2.45) is 0 Å². The molecule has 0 aliphatic rings. The van der Waals surface area contributed by atoms with E-state index in [1.54, 1.807) is 0 Å². The smallest absolute Gasteiger partial charge is 0.245 e. The van der Waals surface area contributed by atoms with Gasteiger partial charge in [0.15, 0.2) is 0 Å². The lowest BCUT2D eigenvalue weighted by molar-refractivity contribution is -0.124. The maximum absolute atomic E-state index is 13.0. The minimum Gasteiger partial charge on any atom is -0.383 e. The van der Waals surface area contributed by atoms with E-state index in [1.807, 2.05) is 13.8 Å². The summed E-state index contributed by atoms with van der Waals surface area (Å²) >= 11 is 0. The molecule has 0 heterocycles. The lowest BCUT2D eigenvalue weighted by Crippen LogP contribution is -2.49. The molecule has 32 heavy (non-hydrogen) atoms. The molecule has 2 aromatic rings. The van der Waals surface area contributed by atoms with Crippen molar-refractivity contribution in [2.75, 3.05) is 23.7 Å². The summed E-state index contributed by atoms with van der Waals surface area (Å²) in [6.07, 6.45) is 0. The largest absolute Gasteiger partial charge is 0.383 e. The molecule has 0 unspecified atom stereocenters. The van der Waals surface area contributed by atoms with Crippen LogP contribution in [0, 0.1) is 69.2 Å². The van der Waals surface area contributed by atoms with Crippen molar-refractivity contribution in [3.05, 3.63) is 55.6 Å². The van der Waals surface area contributed by atoms with Crippen molar-refractivity contribution in [3.63, 3.8) is 0 Å². The maximum Gasteiger partial charge on any atom is 0.245 e. The fourth-order valence-electron chi connectivity index (χ4n) is 4.41. The van der Waals surface area contributed by atoms with E-state index >= 15 is 0 Å². The molecule has 0 aliphatic heterocycles. The first-order chi connectivity index (χ1) is 14.7. The van der Waals surface area contributed by atoms with Gasteiger partial charge in [-0.15, -0.1) is 0 Å². The number of carbonyl (C=O) groups excluding carboxylic acids is 1. The van der Waals surface area contributed by atoms with E-state index in [0.29, 0.717) is 13.1 Å². The number of amides is 1. The van der Waals surface area contributed by atoms with Crippen molar-refractivity contribution in [3.8, 4) is 0 Å². The van der Waals surface area contributed by atoms with Gasteiger partial charge < -0.3 is 16.0 Å². The third-order valence-electron chi connectivity index (χ3n) is 7.72. The van der Waals surface area contributed by atoms with Crippen LogP contribution in [0.2, 0.25) is 0 Å². The van der Waals surface area contributed by atoms with E-state index in [4.69, 9.17) is 0 Å². The van der Waals surface area contributed by atoms with E-state index in [2.05, 4.69) is 85.2 Å². The average Bonchev–Trinajstić information content (AvgIpc) is 2.75. The number of anilines is 2. The van der Waals surface area contributed by atoms with Gasteiger partial charge in [0.2, 0.25) is 5.91 Å². The van der Waals surface area contributed by atoms with Crippen LogP contribution in [0.25, 0.3) is 0 Å². The van der Waals surface area contributed by atoms with E-state index in [0.717, 1.165) is 5.69 Å². The Kier molecular flexibility index (Phi) is 7.70. The molecule has 0 fully saturated rings. The molecule has 0 radical (unpaired) electrons. The highest BCUT2D eigenvalue weighted by atomic mass is 16.2. The zero-order valence-corrected chi connectivity index (χ0v) is 22.3. The molecule has 0 spiro atoms. The Morgan fingerprint density at radius 1 is 0.562 bits per heavy atom. The van der Waals surface area contributed by atoms with Crippen molar-refractivity contribution in [1.29, 1.82) is 0 Å². The highest BCUT2D eigenvalue weighted by Gasteiger charge is 2.29. The molecule has 0 saturated carbocycles. The standard InChI is InChI=1S/C28H43N3O/c1-15-17(3)21(7)25(22(8)18(15)4)29-13-14-30-27(32)28(11,12)31-26-23(9)19(5)16(2)20(6)24(26)10/h29,31H,13-14H2,1-12H3,(H,30,32). The number of carbonyl (C=O) groups is 1. The molecule has 0 saturated heterocycles. The van der Waals surface area contributed by atoms with Crippen LogP contribution in [0.4, 0.5) is 11.4 Å². The summed E-state index contributed by atoms with van der Waals surface area (Å²) in [4.78, 5) is 13.0. The third kappa shape index (κ3) is 4.79. The van der Waals surface area contributed by atoms with Crippen LogP contribution in [0.3, 0.4) is 0 Å². The van der Waals surface area contributed by atoms with Gasteiger partial charge in [-0.05, 0) is 139 Å². The minimum atomic E-state index is -0.716. The van der Waals surface area contributed by atoms with Crippen molar-refractivity contribution >= 4 is 17.3 Å². The molecule has 0 bridgehead atoms. The number of rotatable bonds is 7. The zero-order valence-electron chi connectivity index (χ0n) is 22.3. The van der Waals surface area contributed by atoms with Gasteiger partial charge in [-0.2, -0.15) is 0 Å². The summed E-state index contributed by atoms with van der Waals surface area (Å²) < 4.78 is 0. The second kappa shape index (κ2) is 9.56. The molecular formula is C28H43N3O. The predicted octanol–water partition coefficient (Wildman–Crippen LogP) is 6.19. The Balaban J connectivity index is 2.07. The van der Waals surface area contributed by atoms with Crippen LogP contribution < -0.4 is 16.0 Å². The molecule has 4 nitrogen and oxygen atoms in total. The quantitative estimate of drug-likeness (QED) is 0.453. The van der Waals surface area contributed by atoms with Crippen LogP contribution in [0.5, 0.6) is 0 Å². The highest BCUT2D eigenvalue weighted by molar-refractivity contribution is 5.89. The number of hydrogen-bond acceptors (Lipinski definition) is 3. The minimum absolute atomic E-state index is 0.00121. The highest BCUT2D eigenvalue weighted by Crippen LogP contribution is 2.32. The summed E-state index contributed by atoms with van der Waals surface area (Å²) in [7, 11) is 0. The summed E-state index contributed by atoms with van der Waals surface area (Å²) in [5.41, 5.74) is 14.5. The van der Waals surface area contributed by atoms with Crippen molar-refractivity contribution in [2.45, 2.75) is 88.6 Å². The normalized spacial score (nSPS) is 11.5. The Bertz CT molecular complexity index is 990. The second-order valence-corrected chi connectivity index (χ2v) is 9.93. The number of hydrogen-bond donors (Lipinski definition) is 3. The van der Waals surface area contributed by atoms with Crippen LogP contribution in [-0.4, -0.2) is 24.5 Å².